The number of nitrogens with one attached hydrogen (secondary N) is 1. The summed E-state index contributed by atoms with van der Waals surface area (Å²) in [7, 11) is 0. The standard InChI is InChI=1S/C24H29BrN2O2/c1-5-16-11-12-18-19(17-9-7-6-8-10-17)14-20(25)23(29)27(21(18)13-16)15-22(28)26-24(2,3)4/h6-13,19-20H,5,14-15H2,1-4H3,(H,26,28)/t19-,20+/m1/s1. The van der Waals surface area contributed by atoms with Gasteiger partial charge in [0, 0.05) is 17.1 Å². The summed E-state index contributed by atoms with van der Waals surface area (Å²) in [5.74, 6) is -0.139. The van der Waals surface area contributed by atoms with E-state index in [2.05, 4.69) is 58.5 Å². The fourth-order valence-electron chi connectivity index (χ4n) is 3.83. The highest BCUT2D eigenvalue weighted by molar-refractivity contribution is 9.10. The van der Waals surface area contributed by atoms with Gasteiger partial charge >= 0.3 is 0 Å². The molecule has 3 rings (SSSR count). The average molecular weight is 457 g/mol. The van der Waals surface area contributed by atoms with E-state index in [4.69, 9.17) is 0 Å². The Morgan fingerprint density at radius 1 is 1.17 bits per heavy atom. The highest BCUT2D eigenvalue weighted by Crippen LogP contribution is 2.41. The Hall–Kier alpha value is -2.14. The number of amides is 2. The number of nitrogens with zero attached hydrogens (tertiary/aromatic N) is 1. The van der Waals surface area contributed by atoms with E-state index in [1.54, 1.807) is 4.90 Å². The number of carbonyl (C=O) groups is 2. The topological polar surface area (TPSA) is 49.4 Å². The maximum absolute atomic E-state index is 13.3. The molecule has 0 saturated carbocycles. The van der Waals surface area contributed by atoms with Crippen LogP contribution in [0.25, 0.3) is 0 Å². The summed E-state index contributed by atoms with van der Waals surface area (Å²) in [6.07, 6.45) is 1.52. The van der Waals surface area contributed by atoms with Crippen molar-refractivity contribution in [1.82, 2.24) is 5.32 Å². The van der Waals surface area contributed by atoms with Crippen LogP contribution in [-0.4, -0.2) is 28.7 Å². The molecular weight excluding hydrogens is 428 g/mol. The molecule has 0 bridgehead atoms. The zero-order valence-corrected chi connectivity index (χ0v) is 19.1. The molecule has 0 radical (unpaired) electrons. The van der Waals surface area contributed by atoms with Crippen LogP contribution in [0.3, 0.4) is 0 Å². The van der Waals surface area contributed by atoms with Gasteiger partial charge < -0.3 is 10.2 Å². The first kappa shape index (κ1) is 21.6. The van der Waals surface area contributed by atoms with Crippen molar-refractivity contribution in [1.29, 1.82) is 0 Å². The lowest BCUT2D eigenvalue weighted by Gasteiger charge is -2.27. The lowest BCUT2D eigenvalue weighted by molar-refractivity contribution is -0.124. The SMILES string of the molecule is CCc1ccc2c(c1)N(CC(=O)NC(C)(C)C)C(=O)[C@@H](Br)C[C@@H]2c1ccccc1. The number of aryl methyl sites for hydroxylation is 1. The molecule has 1 N–H and O–H groups in total. The molecule has 1 heterocycles. The fourth-order valence-corrected chi connectivity index (χ4v) is 4.45. The summed E-state index contributed by atoms with van der Waals surface area (Å²) >= 11 is 3.60. The van der Waals surface area contributed by atoms with Crippen molar-refractivity contribution in [2.24, 2.45) is 0 Å². The first-order valence-corrected chi connectivity index (χ1v) is 11.1. The van der Waals surface area contributed by atoms with Crippen molar-refractivity contribution in [2.45, 2.75) is 56.8 Å². The fraction of sp³-hybridized carbons (Fsp3) is 0.417. The normalized spacial score (nSPS) is 19.5. The monoisotopic (exact) mass is 456 g/mol. The summed E-state index contributed by atoms with van der Waals surface area (Å²) in [5, 5.41) is 2.98. The minimum Gasteiger partial charge on any atom is -0.350 e. The molecule has 0 spiro atoms. The highest BCUT2D eigenvalue weighted by Gasteiger charge is 2.35. The minimum absolute atomic E-state index is 0.0138. The molecule has 0 aliphatic carbocycles. The third kappa shape index (κ3) is 5.08. The summed E-state index contributed by atoms with van der Waals surface area (Å²) < 4.78 is 0. The van der Waals surface area contributed by atoms with Crippen LogP contribution in [0.2, 0.25) is 0 Å². The average Bonchev–Trinajstić information content (AvgIpc) is 2.77. The maximum atomic E-state index is 13.3. The number of halogens is 1. The Balaban J connectivity index is 2.07. The van der Waals surface area contributed by atoms with Gasteiger partial charge in [0.1, 0.15) is 6.54 Å². The molecule has 5 heteroatoms. The largest absolute Gasteiger partial charge is 0.350 e. The van der Waals surface area contributed by atoms with E-state index in [0.29, 0.717) is 6.42 Å². The summed E-state index contributed by atoms with van der Waals surface area (Å²) in [6.45, 7) is 7.93. The number of rotatable bonds is 4. The zero-order valence-electron chi connectivity index (χ0n) is 17.5. The van der Waals surface area contributed by atoms with Crippen LogP contribution in [0.15, 0.2) is 48.5 Å². The number of fused-ring (bicyclic) bond motifs is 1. The molecule has 154 valence electrons. The summed E-state index contributed by atoms with van der Waals surface area (Å²) in [6, 6.07) is 16.6. The van der Waals surface area contributed by atoms with Gasteiger partial charge in [-0.05, 0) is 56.4 Å². The molecule has 2 atom stereocenters. The van der Waals surface area contributed by atoms with E-state index in [-0.39, 0.29) is 34.6 Å². The van der Waals surface area contributed by atoms with Gasteiger partial charge in [0.25, 0.3) is 0 Å². The van der Waals surface area contributed by atoms with Crippen LogP contribution < -0.4 is 10.2 Å². The molecule has 2 amide bonds. The van der Waals surface area contributed by atoms with Crippen LogP contribution in [0.4, 0.5) is 5.69 Å². The predicted molar refractivity (Wildman–Crippen MR) is 122 cm³/mol. The quantitative estimate of drug-likeness (QED) is 0.671. The van der Waals surface area contributed by atoms with Crippen LogP contribution in [0.5, 0.6) is 0 Å². The molecule has 1 aliphatic rings. The first-order valence-electron chi connectivity index (χ1n) is 10.1. The molecule has 4 nitrogen and oxygen atoms in total. The Kier molecular flexibility index (Phi) is 6.47. The van der Waals surface area contributed by atoms with Crippen molar-refractivity contribution in [2.75, 3.05) is 11.4 Å². The van der Waals surface area contributed by atoms with Gasteiger partial charge in [0.2, 0.25) is 11.8 Å². The van der Waals surface area contributed by atoms with Gasteiger partial charge in [0.05, 0.1) is 4.83 Å². The van der Waals surface area contributed by atoms with Gasteiger partial charge in [-0.15, -0.1) is 0 Å². The molecule has 1 aliphatic heterocycles. The van der Waals surface area contributed by atoms with E-state index in [1.807, 2.05) is 39.0 Å². The number of carbonyl (C=O) groups excluding carboxylic acids is 2. The zero-order chi connectivity index (χ0) is 21.2. The highest BCUT2D eigenvalue weighted by atomic mass is 79.9. The van der Waals surface area contributed by atoms with Gasteiger partial charge in [0.15, 0.2) is 0 Å². The Labute approximate surface area is 181 Å². The summed E-state index contributed by atoms with van der Waals surface area (Å²) in [5.41, 5.74) is 3.91. The van der Waals surface area contributed by atoms with Crippen molar-refractivity contribution in [3.8, 4) is 0 Å². The second kappa shape index (κ2) is 8.70. The smallest absolute Gasteiger partial charge is 0.241 e. The van der Waals surface area contributed by atoms with Crippen molar-refractivity contribution >= 4 is 33.4 Å². The molecule has 2 aromatic carbocycles. The minimum atomic E-state index is -0.354. The van der Waals surface area contributed by atoms with E-state index < -0.39 is 0 Å². The number of benzene rings is 2. The van der Waals surface area contributed by atoms with Crippen LogP contribution in [0.1, 0.15) is 56.7 Å². The van der Waals surface area contributed by atoms with Crippen LogP contribution >= 0.6 is 15.9 Å². The molecular formula is C24H29BrN2O2. The lowest BCUT2D eigenvalue weighted by atomic mass is 9.86. The van der Waals surface area contributed by atoms with Crippen molar-refractivity contribution < 1.29 is 9.59 Å². The van der Waals surface area contributed by atoms with Gasteiger partial charge in [-0.25, -0.2) is 0 Å². The van der Waals surface area contributed by atoms with E-state index in [0.717, 1.165) is 23.2 Å². The number of hydrogen-bond acceptors (Lipinski definition) is 2. The third-order valence-corrected chi connectivity index (χ3v) is 5.93. The van der Waals surface area contributed by atoms with Crippen LogP contribution in [0, 0.1) is 0 Å². The first-order chi connectivity index (χ1) is 13.7. The third-order valence-electron chi connectivity index (χ3n) is 5.16. The number of hydrogen-bond donors (Lipinski definition) is 1. The number of alkyl halides is 1. The second-order valence-corrected chi connectivity index (χ2v) is 9.74. The molecule has 0 fully saturated rings. The van der Waals surface area contributed by atoms with E-state index >= 15 is 0 Å². The second-order valence-electron chi connectivity index (χ2n) is 8.64. The van der Waals surface area contributed by atoms with Crippen molar-refractivity contribution in [3.05, 3.63) is 65.2 Å². The lowest BCUT2D eigenvalue weighted by Crippen LogP contribution is -2.48. The Bertz CT molecular complexity index is 889. The molecule has 2 aromatic rings. The predicted octanol–water partition coefficient (Wildman–Crippen LogP) is 4.80. The van der Waals surface area contributed by atoms with E-state index in [9.17, 15) is 9.59 Å². The van der Waals surface area contributed by atoms with E-state index in [1.165, 1.54) is 5.56 Å². The van der Waals surface area contributed by atoms with Gasteiger partial charge in [-0.1, -0.05) is 65.3 Å². The molecule has 0 unspecified atom stereocenters. The number of anilines is 1. The van der Waals surface area contributed by atoms with Gasteiger partial charge in [-0.2, -0.15) is 0 Å². The molecule has 0 aromatic heterocycles. The maximum Gasteiger partial charge on any atom is 0.241 e. The molecule has 29 heavy (non-hydrogen) atoms. The van der Waals surface area contributed by atoms with Crippen molar-refractivity contribution in [3.63, 3.8) is 0 Å². The Morgan fingerprint density at radius 3 is 2.48 bits per heavy atom. The van der Waals surface area contributed by atoms with Gasteiger partial charge in [-0.3, -0.25) is 9.59 Å². The Morgan fingerprint density at radius 2 is 1.86 bits per heavy atom. The van der Waals surface area contributed by atoms with Crippen LogP contribution in [-0.2, 0) is 16.0 Å². The summed E-state index contributed by atoms with van der Waals surface area (Å²) in [4.78, 5) is 27.3. The molecule has 0 saturated heterocycles.